The molecule has 0 aliphatic heterocycles. The number of hydrogen-bond acceptors (Lipinski definition) is 2. The van der Waals surface area contributed by atoms with Crippen molar-refractivity contribution >= 4 is 32.7 Å². The summed E-state index contributed by atoms with van der Waals surface area (Å²) < 4.78 is 6.27. The van der Waals surface area contributed by atoms with Gasteiger partial charge < -0.3 is 4.42 Å². The molecule has 2 aromatic heterocycles. The van der Waals surface area contributed by atoms with E-state index in [0.29, 0.717) is 0 Å². The summed E-state index contributed by atoms with van der Waals surface area (Å²) in [6.07, 6.45) is 6.83. The van der Waals surface area contributed by atoms with Crippen LogP contribution in [0.4, 0.5) is 0 Å². The molecule has 3 aromatic carbocycles. The van der Waals surface area contributed by atoms with Crippen LogP contribution in [0.15, 0.2) is 65.2 Å². The molecule has 28 heavy (non-hydrogen) atoms. The highest BCUT2D eigenvalue weighted by atomic mass is 16.3. The van der Waals surface area contributed by atoms with Crippen LogP contribution in [-0.4, -0.2) is 4.98 Å². The Labute approximate surface area is 163 Å². The van der Waals surface area contributed by atoms with Crippen LogP contribution < -0.4 is 0 Å². The third-order valence-corrected chi connectivity index (χ3v) is 6.11. The first-order chi connectivity index (χ1) is 13.8. The number of pyridine rings is 1. The SMILES string of the molecule is Cc1cccc(-c2nccc3cc4oc5cc6c(cc5c4cc23)CCCC6)c1. The van der Waals surface area contributed by atoms with Crippen LogP contribution in [0.5, 0.6) is 0 Å². The molecule has 0 unspecified atom stereocenters. The van der Waals surface area contributed by atoms with Gasteiger partial charge in [0.1, 0.15) is 11.2 Å². The molecule has 136 valence electrons. The van der Waals surface area contributed by atoms with Gasteiger partial charge in [-0.15, -0.1) is 0 Å². The number of hydrogen-bond donors (Lipinski definition) is 0. The number of rotatable bonds is 1. The monoisotopic (exact) mass is 363 g/mol. The Morgan fingerprint density at radius 3 is 2.43 bits per heavy atom. The number of aromatic nitrogens is 1. The van der Waals surface area contributed by atoms with Crippen LogP contribution in [0.3, 0.4) is 0 Å². The largest absolute Gasteiger partial charge is 0.456 e. The van der Waals surface area contributed by atoms with Crippen LogP contribution in [0.25, 0.3) is 44.0 Å². The molecule has 0 saturated carbocycles. The van der Waals surface area contributed by atoms with Gasteiger partial charge in [-0.05, 0) is 85.5 Å². The first kappa shape index (κ1) is 15.9. The van der Waals surface area contributed by atoms with Gasteiger partial charge in [0.05, 0.1) is 5.69 Å². The van der Waals surface area contributed by atoms with Crippen molar-refractivity contribution in [3.63, 3.8) is 0 Å². The maximum Gasteiger partial charge on any atom is 0.136 e. The molecule has 2 heterocycles. The Hall–Kier alpha value is -3.13. The number of furan rings is 1. The van der Waals surface area contributed by atoms with E-state index in [-0.39, 0.29) is 0 Å². The van der Waals surface area contributed by atoms with Crippen molar-refractivity contribution in [1.29, 1.82) is 0 Å². The number of nitrogens with zero attached hydrogens (tertiary/aromatic N) is 1. The highest BCUT2D eigenvalue weighted by Gasteiger charge is 2.16. The van der Waals surface area contributed by atoms with Gasteiger partial charge in [-0.1, -0.05) is 23.8 Å². The van der Waals surface area contributed by atoms with Crippen molar-refractivity contribution in [2.24, 2.45) is 0 Å². The van der Waals surface area contributed by atoms with Crippen molar-refractivity contribution in [3.05, 3.63) is 77.5 Å². The van der Waals surface area contributed by atoms with Crippen LogP contribution in [0.2, 0.25) is 0 Å². The van der Waals surface area contributed by atoms with Gasteiger partial charge in [0.2, 0.25) is 0 Å². The second-order valence-corrected chi connectivity index (χ2v) is 8.02. The smallest absolute Gasteiger partial charge is 0.136 e. The van der Waals surface area contributed by atoms with Crippen molar-refractivity contribution < 1.29 is 4.42 Å². The van der Waals surface area contributed by atoms with E-state index in [9.17, 15) is 0 Å². The van der Waals surface area contributed by atoms with Crippen molar-refractivity contribution in [3.8, 4) is 11.3 Å². The topological polar surface area (TPSA) is 26.0 Å². The van der Waals surface area contributed by atoms with Gasteiger partial charge in [-0.25, -0.2) is 0 Å². The quantitative estimate of drug-likeness (QED) is 0.321. The van der Waals surface area contributed by atoms with Gasteiger partial charge in [-0.3, -0.25) is 4.98 Å². The number of fused-ring (bicyclic) bond motifs is 5. The predicted molar refractivity (Wildman–Crippen MR) is 116 cm³/mol. The summed E-state index contributed by atoms with van der Waals surface area (Å²) >= 11 is 0. The van der Waals surface area contributed by atoms with Crippen LogP contribution in [0, 0.1) is 6.92 Å². The van der Waals surface area contributed by atoms with E-state index >= 15 is 0 Å². The first-order valence-corrected chi connectivity index (χ1v) is 10.1. The molecule has 6 rings (SSSR count). The fourth-order valence-corrected chi connectivity index (χ4v) is 4.69. The average Bonchev–Trinajstić information content (AvgIpc) is 3.06. The van der Waals surface area contributed by atoms with Gasteiger partial charge in [0, 0.05) is 27.9 Å². The fraction of sp³-hybridized carbons (Fsp3) is 0.192. The van der Waals surface area contributed by atoms with Gasteiger partial charge in [-0.2, -0.15) is 0 Å². The Bertz CT molecular complexity index is 1380. The van der Waals surface area contributed by atoms with Crippen LogP contribution >= 0.6 is 0 Å². The summed E-state index contributed by atoms with van der Waals surface area (Å²) in [4.78, 5) is 4.73. The van der Waals surface area contributed by atoms with Gasteiger partial charge >= 0.3 is 0 Å². The lowest BCUT2D eigenvalue weighted by Gasteiger charge is -2.14. The minimum Gasteiger partial charge on any atom is -0.456 e. The third-order valence-electron chi connectivity index (χ3n) is 6.11. The van der Waals surface area contributed by atoms with E-state index in [0.717, 1.165) is 22.4 Å². The molecule has 0 atom stereocenters. The van der Waals surface area contributed by atoms with E-state index in [1.165, 1.54) is 63.9 Å². The maximum atomic E-state index is 6.27. The lowest BCUT2D eigenvalue weighted by Crippen LogP contribution is -2.01. The molecule has 0 fully saturated rings. The van der Waals surface area contributed by atoms with Crippen molar-refractivity contribution in [1.82, 2.24) is 4.98 Å². The van der Waals surface area contributed by atoms with E-state index in [2.05, 4.69) is 61.5 Å². The molecule has 0 N–H and O–H groups in total. The van der Waals surface area contributed by atoms with E-state index < -0.39 is 0 Å². The maximum absolute atomic E-state index is 6.27. The van der Waals surface area contributed by atoms with E-state index in [1.54, 1.807) is 0 Å². The van der Waals surface area contributed by atoms with Crippen molar-refractivity contribution in [2.45, 2.75) is 32.6 Å². The molecule has 0 radical (unpaired) electrons. The highest BCUT2D eigenvalue weighted by molar-refractivity contribution is 6.12. The molecule has 1 aliphatic carbocycles. The molecular formula is C26H21NO. The van der Waals surface area contributed by atoms with E-state index in [1.807, 2.05) is 6.20 Å². The molecule has 0 saturated heterocycles. The summed E-state index contributed by atoms with van der Waals surface area (Å²) in [5.74, 6) is 0. The highest BCUT2D eigenvalue weighted by Crippen LogP contribution is 2.37. The van der Waals surface area contributed by atoms with Gasteiger partial charge in [0.25, 0.3) is 0 Å². The normalized spacial score (nSPS) is 14.0. The standard InChI is InChI=1S/C26H21NO/c1-16-5-4-8-20(11-16)26-21-15-23-22-12-17-6-2-3-7-18(17)13-24(22)28-25(23)14-19(21)9-10-27-26/h4-5,8-15H,2-3,6-7H2,1H3. The number of benzene rings is 3. The lowest BCUT2D eigenvalue weighted by molar-refractivity contribution is 0.660. The molecular weight excluding hydrogens is 342 g/mol. The second kappa shape index (κ2) is 5.93. The first-order valence-electron chi connectivity index (χ1n) is 10.1. The summed E-state index contributed by atoms with van der Waals surface area (Å²) in [7, 11) is 0. The molecule has 0 spiro atoms. The minimum absolute atomic E-state index is 0.964. The summed E-state index contributed by atoms with van der Waals surface area (Å²) in [6.45, 7) is 2.12. The van der Waals surface area contributed by atoms with E-state index in [4.69, 9.17) is 9.40 Å². The zero-order valence-electron chi connectivity index (χ0n) is 16.0. The summed E-state index contributed by atoms with van der Waals surface area (Å²) in [5.41, 5.74) is 8.38. The zero-order chi connectivity index (χ0) is 18.7. The van der Waals surface area contributed by atoms with Gasteiger partial charge in [0.15, 0.2) is 0 Å². The minimum atomic E-state index is 0.964. The molecule has 2 heteroatoms. The third kappa shape index (κ3) is 2.37. The Balaban J connectivity index is 1.67. The Morgan fingerprint density at radius 1 is 0.786 bits per heavy atom. The summed E-state index contributed by atoms with van der Waals surface area (Å²) in [5, 5.41) is 4.78. The Kier molecular flexibility index (Phi) is 3.37. The average molecular weight is 363 g/mol. The van der Waals surface area contributed by atoms with Crippen LogP contribution in [0.1, 0.15) is 29.5 Å². The molecule has 2 nitrogen and oxygen atoms in total. The second-order valence-electron chi connectivity index (χ2n) is 8.02. The lowest BCUT2D eigenvalue weighted by atomic mass is 9.90. The zero-order valence-corrected chi connectivity index (χ0v) is 16.0. The van der Waals surface area contributed by atoms with Crippen molar-refractivity contribution in [2.75, 3.05) is 0 Å². The van der Waals surface area contributed by atoms with Crippen LogP contribution in [-0.2, 0) is 12.8 Å². The summed E-state index contributed by atoms with van der Waals surface area (Å²) in [6, 6.07) is 19.7. The molecule has 5 aromatic rings. The Morgan fingerprint density at radius 2 is 1.57 bits per heavy atom. The molecule has 0 amide bonds. The molecule has 0 bridgehead atoms. The fourth-order valence-electron chi connectivity index (χ4n) is 4.69. The molecule has 1 aliphatic rings. The predicted octanol–water partition coefficient (Wildman–Crippen LogP) is 6.99. The number of aryl methyl sites for hydroxylation is 3.